The zero-order valence-electron chi connectivity index (χ0n) is 45.7. The number of likely N-dealkylation sites (tertiary alicyclic amines) is 1. The van der Waals surface area contributed by atoms with Crippen LogP contribution in [0.2, 0.25) is 0 Å². The molecule has 1 aromatic rings. The number of aliphatic carboxylic acids is 3. The molecule has 32 nitrogen and oxygen atoms in total. The molecular weight excluding hydrogens is 1090 g/mol. The number of carboxylic acids is 3. The smallest absolute Gasteiger partial charge is 0.305 e. The van der Waals surface area contributed by atoms with E-state index in [0.717, 1.165) is 18.7 Å². The van der Waals surface area contributed by atoms with Crippen LogP contribution in [-0.2, 0) is 78.3 Å². The topological polar surface area (TPSA) is 515 Å². The number of nitrogens with one attached hydrogen (secondary N) is 9. The van der Waals surface area contributed by atoms with E-state index in [4.69, 9.17) is 10.8 Å². The van der Waals surface area contributed by atoms with Crippen LogP contribution in [0.3, 0.4) is 0 Å². The molecule has 32 heteroatoms. The number of carbonyl (C=O) groups is 15. The summed E-state index contributed by atoms with van der Waals surface area (Å²) in [5.41, 5.74) is 5.53. The second-order valence-electron chi connectivity index (χ2n) is 19.5. The first-order valence-electron chi connectivity index (χ1n) is 25.9. The molecule has 1 aliphatic heterocycles. The Morgan fingerprint density at radius 2 is 1.16 bits per heavy atom. The average Bonchev–Trinajstić information content (AvgIpc) is 4.07. The summed E-state index contributed by atoms with van der Waals surface area (Å²) >= 11 is 0. The van der Waals surface area contributed by atoms with Crippen molar-refractivity contribution in [3.63, 3.8) is 0 Å². The molecule has 454 valence electrons. The van der Waals surface area contributed by atoms with Gasteiger partial charge in [-0.2, -0.15) is 0 Å². The lowest BCUT2D eigenvalue weighted by Gasteiger charge is -2.32. The highest BCUT2D eigenvalue weighted by Gasteiger charge is 2.42. The summed E-state index contributed by atoms with van der Waals surface area (Å²) in [6, 6.07) is -9.20. The average molecular weight is 1160 g/mol. The molecule has 17 N–H and O–H groups in total. The van der Waals surface area contributed by atoms with E-state index in [0.29, 0.717) is 5.56 Å². The number of hydrogen-bond donors (Lipinski definition) is 16. The second-order valence-corrected chi connectivity index (χ2v) is 19.5. The monoisotopic (exact) mass is 1160 g/mol. The van der Waals surface area contributed by atoms with Crippen molar-refractivity contribution < 1.29 is 103 Å². The SMILES string of the molecule is CCC[C@@H](NC(=O)[C@@H]1CCCN1C(=O)[C@@H](NC(=O)[C@H](CCC(=O)O)NC(=O)[C@H](CCC(=O)O)NC(C)=O)C(C)C)C(=O)C(=O)NCC(=O)N[C@H](C(=O)N[C@@H](CC(=O)O)C(=O)N[C@@H](Cc1ccc(O)cc1)C(=O)N[C@@H](CO)C(N)=O)C(C)O. The highest BCUT2D eigenvalue weighted by molar-refractivity contribution is 6.38. The summed E-state index contributed by atoms with van der Waals surface area (Å²) in [4.78, 5) is 194. The molecule has 10 atom stereocenters. The van der Waals surface area contributed by atoms with E-state index in [1.54, 1.807) is 20.8 Å². The Hall–Kier alpha value is -8.81. The summed E-state index contributed by atoms with van der Waals surface area (Å²) in [5.74, 6) is -18.3. The predicted molar refractivity (Wildman–Crippen MR) is 279 cm³/mol. The van der Waals surface area contributed by atoms with E-state index >= 15 is 0 Å². The fraction of sp³-hybridized carbons (Fsp3) is 0.580. The Morgan fingerprint density at radius 3 is 1.67 bits per heavy atom. The van der Waals surface area contributed by atoms with Gasteiger partial charge in [0.25, 0.3) is 5.91 Å². The van der Waals surface area contributed by atoms with E-state index < -0.39 is 194 Å². The van der Waals surface area contributed by atoms with Crippen molar-refractivity contribution in [3.8, 4) is 5.75 Å². The largest absolute Gasteiger partial charge is 0.508 e. The molecule has 1 heterocycles. The molecule has 0 spiro atoms. The molecule has 0 aromatic heterocycles. The fourth-order valence-corrected chi connectivity index (χ4v) is 8.17. The Labute approximate surface area is 469 Å². The zero-order chi connectivity index (χ0) is 62.1. The van der Waals surface area contributed by atoms with Gasteiger partial charge in [-0.1, -0.05) is 39.3 Å². The first-order chi connectivity index (χ1) is 38.4. The third-order valence-electron chi connectivity index (χ3n) is 12.5. The van der Waals surface area contributed by atoms with Crippen LogP contribution in [0.4, 0.5) is 0 Å². The van der Waals surface area contributed by atoms with Crippen LogP contribution in [0.25, 0.3) is 0 Å². The fourth-order valence-electron chi connectivity index (χ4n) is 8.17. The van der Waals surface area contributed by atoms with Gasteiger partial charge in [-0.15, -0.1) is 0 Å². The van der Waals surface area contributed by atoms with Gasteiger partial charge in [0.15, 0.2) is 0 Å². The van der Waals surface area contributed by atoms with E-state index in [1.165, 1.54) is 24.3 Å². The lowest BCUT2D eigenvalue weighted by atomic mass is 10.0. The lowest BCUT2D eigenvalue weighted by Crippen LogP contribution is -2.61. The Balaban J connectivity index is 2.21. The van der Waals surface area contributed by atoms with Crippen LogP contribution in [0, 0.1) is 5.92 Å². The van der Waals surface area contributed by atoms with Gasteiger partial charge >= 0.3 is 17.9 Å². The van der Waals surface area contributed by atoms with E-state index in [2.05, 4.69) is 42.5 Å². The Kier molecular flexibility index (Phi) is 28.5. The lowest BCUT2D eigenvalue weighted by molar-refractivity contribution is -0.144. The minimum Gasteiger partial charge on any atom is -0.508 e. The highest BCUT2D eigenvalue weighted by Crippen LogP contribution is 2.22. The quantitative estimate of drug-likeness (QED) is 0.0281. The first-order valence-corrected chi connectivity index (χ1v) is 25.9. The standard InChI is InChI=1S/C50H73N11O21/c1-6-8-28(54-47(79)34-9-7-18-61(34)50(82)39(23(2)3)60-44(76)30(15-17-37(69)70)55-43(75)29(53-25(5)64)14-16-36(67)68)41(73)49(81)52-21-35(66)59-40(24(4)63)48(80)57-32(20-38(71)72)46(78)56-31(19-26-10-12-27(65)13-11-26)45(77)58-33(22-62)42(51)74/h10-13,23-24,28-34,39-40,62-63,65H,6-9,14-22H2,1-5H3,(H2,51,74)(H,52,81)(H,53,64)(H,54,79)(H,55,75)(H,56,78)(H,57,80)(H,58,77)(H,59,66)(H,60,76)(H,67,68)(H,69,70)(H,71,72)/t24?,28-,29+,30+,31+,32+,33+,34+,39+,40+/m1/s1. The van der Waals surface area contributed by atoms with Crippen molar-refractivity contribution in [1.82, 2.24) is 52.8 Å². The van der Waals surface area contributed by atoms with Crippen molar-refractivity contribution in [3.05, 3.63) is 29.8 Å². The molecule has 1 saturated heterocycles. The molecular formula is C50H73N11O21. The maximum atomic E-state index is 14.2. The normalized spacial score (nSPS) is 16.1. The van der Waals surface area contributed by atoms with Gasteiger partial charge in [0.2, 0.25) is 64.9 Å². The van der Waals surface area contributed by atoms with E-state index in [1.807, 2.05) is 5.32 Å². The van der Waals surface area contributed by atoms with E-state index in [-0.39, 0.29) is 50.8 Å². The predicted octanol–water partition coefficient (Wildman–Crippen LogP) is -5.97. The molecule has 1 unspecified atom stereocenters. The number of aliphatic hydroxyl groups excluding tert-OH is 2. The Bertz CT molecular complexity index is 2530. The molecule has 1 aromatic carbocycles. The number of primary amides is 1. The molecule has 0 bridgehead atoms. The number of nitrogens with two attached hydrogens (primary N) is 1. The molecule has 11 amide bonds. The number of nitrogens with zero attached hydrogens (tertiary/aromatic N) is 1. The number of phenolic OH excluding ortho intramolecular Hbond substituents is 1. The molecule has 82 heavy (non-hydrogen) atoms. The number of benzene rings is 1. The van der Waals surface area contributed by atoms with Gasteiger partial charge in [-0.25, -0.2) is 0 Å². The molecule has 2 rings (SSSR count). The number of Topliss-reactive ketones (excluding diaryl/α,β-unsaturated/α-hetero) is 1. The van der Waals surface area contributed by atoms with Crippen LogP contribution in [0.1, 0.15) is 98.0 Å². The van der Waals surface area contributed by atoms with Gasteiger partial charge in [-0.3, -0.25) is 71.9 Å². The molecule has 0 radical (unpaired) electrons. The maximum absolute atomic E-state index is 14.2. The Morgan fingerprint density at radius 1 is 0.634 bits per heavy atom. The summed E-state index contributed by atoms with van der Waals surface area (Å²) in [6.07, 6.45) is -4.94. The van der Waals surface area contributed by atoms with Gasteiger partial charge in [-0.05, 0) is 62.6 Å². The van der Waals surface area contributed by atoms with Crippen molar-refractivity contribution >= 4 is 88.7 Å². The van der Waals surface area contributed by atoms with Gasteiger partial charge < -0.3 is 89.1 Å². The zero-order valence-corrected chi connectivity index (χ0v) is 45.7. The second kappa shape index (κ2) is 33.7. The van der Waals surface area contributed by atoms with Crippen LogP contribution >= 0.6 is 0 Å². The number of carboxylic acid groups (broad SMARTS) is 3. The number of aliphatic hydroxyl groups is 2. The number of amides is 11. The van der Waals surface area contributed by atoms with Crippen molar-refractivity contribution in [2.24, 2.45) is 11.7 Å². The molecule has 0 saturated carbocycles. The highest BCUT2D eigenvalue weighted by atomic mass is 16.4. The number of phenols is 1. The number of carbonyl (C=O) groups excluding carboxylic acids is 12. The summed E-state index contributed by atoms with van der Waals surface area (Å²) in [7, 11) is 0. The number of rotatable bonds is 35. The van der Waals surface area contributed by atoms with Crippen molar-refractivity contribution in [2.75, 3.05) is 19.7 Å². The first kappa shape index (κ1) is 69.3. The summed E-state index contributed by atoms with van der Waals surface area (Å²) in [6.45, 7) is 4.79. The minimum atomic E-state index is -2.01. The van der Waals surface area contributed by atoms with E-state index in [9.17, 15) is 97.5 Å². The van der Waals surface area contributed by atoms with Gasteiger partial charge in [0.1, 0.15) is 54.1 Å². The number of aromatic hydroxyl groups is 1. The molecule has 1 fully saturated rings. The van der Waals surface area contributed by atoms with Crippen molar-refractivity contribution in [1.29, 1.82) is 0 Å². The third-order valence-corrected chi connectivity index (χ3v) is 12.5. The van der Waals surface area contributed by atoms with Gasteiger partial charge in [0, 0.05) is 32.7 Å². The molecule has 0 aliphatic carbocycles. The van der Waals surface area contributed by atoms with Crippen LogP contribution in [0.15, 0.2) is 24.3 Å². The summed E-state index contributed by atoms with van der Waals surface area (Å²) in [5, 5.41) is 77.9. The van der Waals surface area contributed by atoms with Crippen LogP contribution < -0.4 is 53.6 Å². The molecule has 1 aliphatic rings. The van der Waals surface area contributed by atoms with Gasteiger partial charge in [0.05, 0.1) is 31.7 Å². The van der Waals surface area contributed by atoms with Crippen molar-refractivity contribution in [2.45, 2.75) is 159 Å². The third kappa shape index (κ3) is 23.1. The maximum Gasteiger partial charge on any atom is 0.305 e. The number of ketones is 1. The van der Waals surface area contributed by atoms with Crippen LogP contribution in [-0.4, -0.2) is 204 Å². The summed E-state index contributed by atoms with van der Waals surface area (Å²) < 4.78 is 0. The minimum absolute atomic E-state index is 0.0224. The number of hydrogen-bond acceptors (Lipinski definition) is 18. The van der Waals surface area contributed by atoms with Crippen LogP contribution in [0.5, 0.6) is 5.75 Å².